The van der Waals surface area contributed by atoms with E-state index in [1.807, 2.05) is 40.7 Å². The van der Waals surface area contributed by atoms with E-state index in [-0.39, 0.29) is 17.3 Å². The van der Waals surface area contributed by atoms with Crippen LogP contribution in [-0.4, -0.2) is 77.0 Å². The van der Waals surface area contributed by atoms with E-state index in [0.29, 0.717) is 44.4 Å². The van der Waals surface area contributed by atoms with Crippen LogP contribution in [0.4, 0.5) is 0 Å². The van der Waals surface area contributed by atoms with Crippen molar-refractivity contribution in [3.05, 3.63) is 46.1 Å². The molecule has 220 valence electrons. The van der Waals surface area contributed by atoms with E-state index in [0.717, 1.165) is 41.7 Å². The van der Waals surface area contributed by atoms with Gasteiger partial charge in [0.05, 0.1) is 18.3 Å². The van der Waals surface area contributed by atoms with Gasteiger partial charge in [-0.2, -0.15) is 0 Å². The van der Waals surface area contributed by atoms with Crippen LogP contribution in [0.25, 0.3) is 0 Å². The van der Waals surface area contributed by atoms with E-state index in [2.05, 4.69) is 31.0 Å². The molecule has 7 aliphatic rings. The monoisotopic (exact) mass is 553 g/mol. The van der Waals surface area contributed by atoms with Gasteiger partial charge in [-0.1, -0.05) is 30.7 Å². The molecule has 1 spiro atoms. The van der Waals surface area contributed by atoms with Crippen molar-refractivity contribution in [1.82, 2.24) is 4.90 Å². The molecule has 7 heteroatoms. The summed E-state index contributed by atoms with van der Waals surface area (Å²) in [6.45, 7) is 14.0. The van der Waals surface area contributed by atoms with Crippen molar-refractivity contribution in [3.8, 4) is 0 Å². The molecule has 3 aliphatic heterocycles. The van der Waals surface area contributed by atoms with Crippen molar-refractivity contribution in [2.24, 2.45) is 16.7 Å². The van der Waals surface area contributed by atoms with Crippen LogP contribution in [0.5, 0.6) is 0 Å². The maximum Gasteiger partial charge on any atom is 0.338 e. The predicted molar refractivity (Wildman–Crippen MR) is 152 cm³/mol. The van der Waals surface area contributed by atoms with Gasteiger partial charge in [0.25, 0.3) is 0 Å². The lowest BCUT2D eigenvalue weighted by atomic mass is 9.41. The van der Waals surface area contributed by atoms with Gasteiger partial charge in [-0.15, -0.1) is 0 Å². The molecule has 3 saturated heterocycles. The van der Waals surface area contributed by atoms with Gasteiger partial charge in [-0.3, -0.25) is 0 Å². The van der Waals surface area contributed by atoms with Gasteiger partial charge in [-0.05, 0) is 90.0 Å². The summed E-state index contributed by atoms with van der Waals surface area (Å²) in [5, 5.41) is 23.8. The van der Waals surface area contributed by atoms with Gasteiger partial charge >= 0.3 is 5.97 Å². The molecular weight excluding hydrogens is 506 g/mol. The highest BCUT2D eigenvalue weighted by molar-refractivity contribution is 5.94. The SMILES string of the molecule is C/C=C(/C)C(C(=O)O[C@@H](C)C1=CC[C@@]23OCCN(C)C[C@@]12C[C@@H](O)[C@]12O[C@@]4(O)CC[C@@]1(C)[C@H](CC=C32)C4)=C(C)C. The minimum Gasteiger partial charge on any atom is -0.455 e. The normalized spacial score (nSPS) is 44.9. The number of aliphatic hydroxyl groups is 2. The van der Waals surface area contributed by atoms with Gasteiger partial charge in [0.1, 0.15) is 17.3 Å². The van der Waals surface area contributed by atoms with Crippen LogP contribution in [0, 0.1) is 16.7 Å². The van der Waals surface area contributed by atoms with Gasteiger partial charge in [0.15, 0.2) is 5.79 Å². The lowest BCUT2D eigenvalue weighted by Gasteiger charge is -2.73. The molecule has 8 atom stereocenters. The molecular formula is C33H47NO6. The van der Waals surface area contributed by atoms with Crippen LogP contribution in [0.1, 0.15) is 80.1 Å². The molecule has 0 radical (unpaired) electrons. The van der Waals surface area contributed by atoms with Crippen molar-refractivity contribution < 1.29 is 29.2 Å². The Balaban J connectivity index is 1.44. The second kappa shape index (κ2) is 9.11. The summed E-state index contributed by atoms with van der Waals surface area (Å²) in [5.41, 5.74) is 1.85. The maximum absolute atomic E-state index is 13.5. The van der Waals surface area contributed by atoms with Crippen molar-refractivity contribution in [2.75, 3.05) is 26.7 Å². The fourth-order valence-corrected chi connectivity index (χ4v) is 9.80. The van der Waals surface area contributed by atoms with Crippen LogP contribution < -0.4 is 0 Å². The number of hydrogen-bond acceptors (Lipinski definition) is 7. The molecule has 0 unspecified atom stereocenters. The molecule has 4 aliphatic carbocycles. The first kappa shape index (κ1) is 28.4. The number of aliphatic hydroxyl groups excluding tert-OH is 1. The summed E-state index contributed by atoms with van der Waals surface area (Å²) in [7, 11) is 2.10. The number of esters is 1. The average molecular weight is 554 g/mol. The zero-order valence-corrected chi connectivity index (χ0v) is 25.3. The van der Waals surface area contributed by atoms with Gasteiger partial charge in [0, 0.05) is 36.8 Å². The predicted octanol–water partition coefficient (Wildman–Crippen LogP) is 4.60. The zero-order chi connectivity index (χ0) is 28.9. The number of ether oxygens (including phenoxy) is 3. The summed E-state index contributed by atoms with van der Waals surface area (Å²) < 4.78 is 20.0. The number of nitrogens with zero attached hydrogens (tertiary/aromatic N) is 1. The summed E-state index contributed by atoms with van der Waals surface area (Å²) in [5.74, 6) is -1.29. The maximum atomic E-state index is 13.5. The number of allylic oxidation sites excluding steroid dienone is 3. The molecule has 0 aromatic carbocycles. The lowest BCUT2D eigenvalue weighted by Crippen LogP contribution is -2.79. The highest BCUT2D eigenvalue weighted by Crippen LogP contribution is 2.74. The standard InChI is InChI=1S/C33H47NO6/c1-8-21(4)27(20(2)3)28(36)39-22(5)24-11-12-32-25-10-9-23-17-31(37)14-13-29(23,6)33(25,40-31)26(35)18-30(24,32)19-34(7)15-16-38-32/h8,10-11,22-23,26,35,37H,9,12-19H2,1-7H3/b21-8-/t22-,23+,26+,29-,30-,31-,32-,33-/m0/s1. The topological polar surface area (TPSA) is 88.5 Å². The van der Waals surface area contributed by atoms with E-state index in [1.54, 1.807) is 0 Å². The molecule has 0 aromatic heterocycles. The van der Waals surface area contributed by atoms with Crippen LogP contribution >= 0.6 is 0 Å². The first-order valence-electron chi connectivity index (χ1n) is 15.2. The zero-order valence-electron chi connectivity index (χ0n) is 25.3. The molecule has 7 nitrogen and oxygen atoms in total. The Kier molecular flexibility index (Phi) is 6.46. The molecule has 40 heavy (non-hydrogen) atoms. The summed E-state index contributed by atoms with van der Waals surface area (Å²) >= 11 is 0. The fraction of sp³-hybridized carbons (Fsp3) is 0.727. The molecule has 0 aromatic rings. The highest BCUT2D eigenvalue weighted by Gasteiger charge is 2.79. The van der Waals surface area contributed by atoms with E-state index in [1.165, 1.54) is 0 Å². The number of carbonyl (C=O) groups is 1. The summed E-state index contributed by atoms with van der Waals surface area (Å²) in [6, 6.07) is 0. The van der Waals surface area contributed by atoms with E-state index in [4.69, 9.17) is 14.2 Å². The van der Waals surface area contributed by atoms with Gasteiger partial charge in [0.2, 0.25) is 0 Å². The minimum absolute atomic E-state index is 0.252. The Labute approximate surface area is 238 Å². The smallest absolute Gasteiger partial charge is 0.338 e. The molecule has 0 amide bonds. The van der Waals surface area contributed by atoms with Crippen LogP contribution in [0.2, 0.25) is 0 Å². The average Bonchev–Trinajstić information content (AvgIpc) is 3.09. The Morgan fingerprint density at radius 2 is 1.98 bits per heavy atom. The Hall–Kier alpha value is -1.77. The third-order valence-electron chi connectivity index (χ3n) is 11.7. The lowest BCUT2D eigenvalue weighted by molar-refractivity contribution is -0.401. The number of fused-ring (bicyclic) bond motifs is 1. The molecule has 7 rings (SSSR count). The van der Waals surface area contributed by atoms with E-state index >= 15 is 0 Å². The third-order valence-corrected chi connectivity index (χ3v) is 11.7. The fourth-order valence-electron chi connectivity index (χ4n) is 9.80. The molecule has 5 fully saturated rings. The first-order valence-corrected chi connectivity index (χ1v) is 15.2. The van der Waals surface area contributed by atoms with Gasteiger partial charge < -0.3 is 29.3 Å². The Morgan fingerprint density at radius 3 is 2.67 bits per heavy atom. The summed E-state index contributed by atoms with van der Waals surface area (Å²) in [4.78, 5) is 15.8. The second-order valence-electron chi connectivity index (χ2n) is 13.9. The van der Waals surface area contributed by atoms with E-state index < -0.39 is 34.6 Å². The molecule has 3 heterocycles. The van der Waals surface area contributed by atoms with Crippen molar-refractivity contribution >= 4 is 5.97 Å². The van der Waals surface area contributed by atoms with Crippen molar-refractivity contribution in [2.45, 2.75) is 109 Å². The van der Waals surface area contributed by atoms with Crippen molar-refractivity contribution in [3.63, 3.8) is 0 Å². The van der Waals surface area contributed by atoms with Crippen molar-refractivity contribution in [1.29, 1.82) is 0 Å². The Morgan fingerprint density at radius 1 is 1.23 bits per heavy atom. The van der Waals surface area contributed by atoms with E-state index in [9.17, 15) is 15.0 Å². The first-order chi connectivity index (χ1) is 18.8. The summed E-state index contributed by atoms with van der Waals surface area (Å²) in [6.07, 6.45) is 9.02. The number of likely N-dealkylation sites (N-methyl/N-ethyl adjacent to an activating group) is 1. The van der Waals surface area contributed by atoms with Gasteiger partial charge in [-0.25, -0.2) is 4.79 Å². The number of carbonyl (C=O) groups excluding carboxylic acids is 1. The Bertz CT molecular complexity index is 1250. The number of hydrogen-bond donors (Lipinski definition) is 2. The number of rotatable bonds is 4. The second-order valence-corrected chi connectivity index (χ2v) is 13.9. The highest BCUT2D eigenvalue weighted by atomic mass is 16.7. The van der Waals surface area contributed by atoms with Crippen LogP contribution in [0.15, 0.2) is 46.1 Å². The molecule has 2 saturated carbocycles. The van der Waals surface area contributed by atoms with Crippen LogP contribution in [-0.2, 0) is 19.0 Å². The minimum atomic E-state index is -1.22. The van der Waals surface area contributed by atoms with Crippen LogP contribution in [0.3, 0.4) is 0 Å². The third kappa shape index (κ3) is 3.45. The molecule has 4 bridgehead atoms. The quantitative estimate of drug-likeness (QED) is 0.228. The molecule has 2 N–H and O–H groups in total. The largest absolute Gasteiger partial charge is 0.455 e.